The van der Waals surface area contributed by atoms with E-state index in [0.29, 0.717) is 11.1 Å². The molecular weight excluding hydrogens is 797 g/mol. The Kier molecular flexibility index (Phi) is 10.1. The summed E-state index contributed by atoms with van der Waals surface area (Å²) >= 11 is 0. The average Bonchev–Trinajstić information content (AvgIpc) is 3.12. The van der Waals surface area contributed by atoms with Gasteiger partial charge >= 0.3 is 0 Å². The van der Waals surface area contributed by atoms with E-state index in [1.807, 2.05) is 0 Å². The fourth-order valence-electron chi connectivity index (χ4n) is 5.75. The lowest BCUT2D eigenvalue weighted by Crippen LogP contribution is -2.02. The van der Waals surface area contributed by atoms with E-state index in [4.69, 9.17) is 20.9 Å². The summed E-state index contributed by atoms with van der Waals surface area (Å²) in [5.41, 5.74) is 12.2. The number of azo groups is 2. The van der Waals surface area contributed by atoms with Crippen LogP contribution in [0, 0.1) is 0 Å². The molecule has 0 unspecified atom stereocenters. The Balaban J connectivity index is 1.34. The van der Waals surface area contributed by atoms with Crippen LogP contribution in [0.5, 0.6) is 23.0 Å². The minimum Gasteiger partial charge on any atom is -0.505 e. The Morgan fingerprint density at radius 3 is 1.61 bits per heavy atom. The summed E-state index contributed by atoms with van der Waals surface area (Å²) < 4.78 is 112. The first-order chi connectivity index (χ1) is 26.2. The minimum atomic E-state index is -5.09. The predicted octanol–water partition coefficient (Wildman–Crippen LogP) is 6.82. The largest absolute Gasteiger partial charge is 0.505 e. The van der Waals surface area contributed by atoms with Crippen LogP contribution in [-0.2, 0) is 30.4 Å². The first kappa shape index (κ1) is 39.3. The van der Waals surface area contributed by atoms with Gasteiger partial charge in [-0.3, -0.25) is 13.7 Å². The summed E-state index contributed by atoms with van der Waals surface area (Å²) in [6.07, 6.45) is 0. The third kappa shape index (κ3) is 7.46. The van der Waals surface area contributed by atoms with Gasteiger partial charge in [0.05, 0.1) is 24.5 Å². The second-order valence-electron chi connectivity index (χ2n) is 11.8. The van der Waals surface area contributed by atoms with Crippen LogP contribution in [0.1, 0.15) is 0 Å². The van der Waals surface area contributed by atoms with Crippen molar-refractivity contribution in [2.24, 2.45) is 20.5 Å². The number of aromatic hydroxyl groups is 2. The molecule has 0 fully saturated rings. The van der Waals surface area contributed by atoms with E-state index in [1.54, 1.807) is 30.3 Å². The van der Waals surface area contributed by atoms with Gasteiger partial charge in [0, 0.05) is 22.1 Å². The number of ether oxygens (including phenoxy) is 2. The van der Waals surface area contributed by atoms with Gasteiger partial charge < -0.3 is 31.2 Å². The second-order valence-corrected chi connectivity index (χ2v) is 16.0. The van der Waals surface area contributed by atoms with Crippen molar-refractivity contribution in [2.75, 3.05) is 25.7 Å². The molecule has 19 nitrogen and oxygen atoms in total. The number of hydrogen-bond donors (Lipinski definition) is 7. The van der Waals surface area contributed by atoms with Crippen LogP contribution < -0.4 is 20.9 Å². The number of phenols is 2. The van der Waals surface area contributed by atoms with Gasteiger partial charge in [-0.05, 0) is 77.2 Å². The van der Waals surface area contributed by atoms with Gasteiger partial charge in [0.2, 0.25) is 0 Å². The highest BCUT2D eigenvalue weighted by Crippen LogP contribution is 2.46. The maximum absolute atomic E-state index is 12.3. The topological polar surface area (TPSA) is 324 Å². The van der Waals surface area contributed by atoms with Gasteiger partial charge in [-0.25, -0.2) is 0 Å². The van der Waals surface area contributed by atoms with Crippen LogP contribution >= 0.6 is 0 Å². The average molecular weight is 825 g/mol. The zero-order valence-electron chi connectivity index (χ0n) is 28.7. The van der Waals surface area contributed by atoms with E-state index in [-0.39, 0.29) is 61.5 Å². The summed E-state index contributed by atoms with van der Waals surface area (Å²) in [4.78, 5) is -2.08. The SMILES string of the molecule is COc1cc(-c2ccc(N=Nc3c(S(=O)(=O)O)cc4cc(S(=O)(=O)O)cc(N)c4c3O)c(OC)c2)ccc1N=Nc1ccc2c(S(=O)(=O)O)ccc(N)c2c1O. The standard InChI is InChI=1S/C34H28N6O13S3/c1-52-26-12-16(3-7-23(26)37-39-25-9-5-20-28(55(46,47)48)10-6-21(35)31(20)33(25)41)17-4-8-24(27(13-17)53-2)38-40-32-29(56(49,50)51)14-18-11-19(54(43,44)45)15-22(36)30(18)34(32)42/h3-15,41-42H,35-36H2,1-2H3,(H,43,44,45)(H,46,47,48)(H,49,50,51). The molecule has 22 heteroatoms. The molecule has 0 aliphatic rings. The van der Waals surface area contributed by atoms with Gasteiger partial charge in [0.1, 0.15) is 44.0 Å². The summed E-state index contributed by atoms with van der Waals surface area (Å²) in [7, 11) is -11.8. The molecule has 0 amide bonds. The zero-order valence-corrected chi connectivity index (χ0v) is 31.1. The molecule has 0 atom stereocenters. The number of methoxy groups -OCH3 is 2. The molecule has 56 heavy (non-hydrogen) atoms. The van der Waals surface area contributed by atoms with Gasteiger partial charge in [-0.2, -0.15) is 25.3 Å². The van der Waals surface area contributed by atoms with Crippen LogP contribution in [0.25, 0.3) is 32.7 Å². The number of fused-ring (bicyclic) bond motifs is 2. The molecule has 0 aromatic heterocycles. The fraction of sp³-hybridized carbons (Fsp3) is 0.0588. The first-order valence-electron chi connectivity index (χ1n) is 15.5. The lowest BCUT2D eigenvalue weighted by molar-refractivity contribution is 0.415. The normalized spacial score (nSPS) is 12.6. The maximum Gasteiger partial charge on any atom is 0.296 e. The molecule has 6 aromatic carbocycles. The number of nitrogen functional groups attached to an aromatic ring is 2. The third-order valence-corrected chi connectivity index (χ3v) is 11.0. The van der Waals surface area contributed by atoms with E-state index in [1.165, 1.54) is 38.5 Å². The molecule has 6 aromatic rings. The fourth-order valence-corrected chi connectivity index (χ4v) is 7.64. The van der Waals surface area contributed by atoms with Crippen molar-refractivity contribution in [2.45, 2.75) is 14.7 Å². The Labute approximate surface area is 317 Å². The monoisotopic (exact) mass is 824 g/mol. The molecule has 0 heterocycles. The van der Waals surface area contributed by atoms with Crippen LogP contribution in [0.15, 0.2) is 114 Å². The lowest BCUT2D eigenvalue weighted by Gasteiger charge is -2.12. The highest BCUT2D eigenvalue weighted by atomic mass is 32.2. The Morgan fingerprint density at radius 1 is 0.536 bits per heavy atom. The van der Waals surface area contributed by atoms with E-state index in [9.17, 15) is 49.1 Å². The molecule has 290 valence electrons. The molecule has 0 spiro atoms. The maximum atomic E-state index is 12.3. The van der Waals surface area contributed by atoms with Crippen molar-refractivity contribution in [1.82, 2.24) is 0 Å². The summed E-state index contributed by atoms with van der Waals surface area (Å²) in [6, 6.07) is 16.9. The molecule has 0 aliphatic carbocycles. The number of nitrogens with zero attached hydrogens (tertiary/aromatic N) is 4. The van der Waals surface area contributed by atoms with Crippen molar-refractivity contribution in [3.05, 3.63) is 78.9 Å². The van der Waals surface area contributed by atoms with Gasteiger partial charge in [-0.1, -0.05) is 18.2 Å². The number of phenolic OH excluding ortho intramolecular Hbond substituents is 2. The van der Waals surface area contributed by atoms with Gasteiger partial charge in [0.15, 0.2) is 11.5 Å². The summed E-state index contributed by atoms with van der Waals surface area (Å²) in [5.74, 6) is -0.958. The Bertz CT molecular complexity index is 3030. The minimum absolute atomic E-state index is 0.0205. The van der Waals surface area contributed by atoms with Gasteiger partial charge in [0.25, 0.3) is 30.4 Å². The summed E-state index contributed by atoms with van der Waals surface area (Å²) in [5, 5.41) is 37.5. The second kappa shape index (κ2) is 14.3. The smallest absolute Gasteiger partial charge is 0.296 e. The third-order valence-electron chi connectivity index (χ3n) is 8.35. The Hall–Kier alpha value is -6.43. The predicted molar refractivity (Wildman–Crippen MR) is 203 cm³/mol. The van der Waals surface area contributed by atoms with Crippen molar-refractivity contribution in [1.29, 1.82) is 0 Å². The Morgan fingerprint density at radius 2 is 1.07 bits per heavy atom. The molecular formula is C34H28N6O13S3. The first-order valence-corrected chi connectivity index (χ1v) is 19.8. The zero-order chi connectivity index (χ0) is 40.9. The van der Waals surface area contributed by atoms with Gasteiger partial charge in [-0.15, -0.1) is 20.5 Å². The summed E-state index contributed by atoms with van der Waals surface area (Å²) in [6.45, 7) is 0. The molecule has 0 radical (unpaired) electrons. The van der Waals surface area contributed by atoms with Crippen molar-refractivity contribution < 1.29 is 58.6 Å². The quantitative estimate of drug-likeness (QED) is 0.0423. The van der Waals surface area contributed by atoms with E-state index in [2.05, 4.69) is 20.5 Å². The lowest BCUT2D eigenvalue weighted by atomic mass is 10.0. The van der Waals surface area contributed by atoms with Crippen LogP contribution in [0.3, 0.4) is 0 Å². The van der Waals surface area contributed by atoms with Crippen molar-refractivity contribution >= 4 is 86.0 Å². The molecule has 0 aliphatic heterocycles. The highest BCUT2D eigenvalue weighted by Gasteiger charge is 2.25. The molecule has 6 rings (SSSR count). The number of nitrogens with two attached hydrogens (primary N) is 2. The number of rotatable bonds is 10. The van der Waals surface area contributed by atoms with Crippen LogP contribution in [0.2, 0.25) is 0 Å². The number of benzene rings is 6. The van der Waals surface area contributed by atoms with Crippen molar-refractivity contribution in [3.63, 3.8) is 0 Å². The van der Waals surface area contributed by atoms with E-state index >= 15 is 0 Å². The molecule has 9 N–H and O–H groups in total. The number of hydrogen-bond acceptors (Lipinski definition) is 16. The highest BCUT2D eigenvalue weighted by molar-refractivity contribution is 7.86. The van der Waals surface area contributed by atoms with E-state index < -0.39 is 62.2 Å². The van der Waals surface area contributed by atoms with Crippen molar-refractivity contribution in [3.8, 4) is 34.1 Å². The van der Waals surface area contributed by atoms with E-state index in [0.717, 1.165) is 24.3 Å². The van der Waals surface area contributed by atoms with Crippen LogP contribution in [0.4, 0.5) is 34.1 Å². The molecule has 0 bridgehead atoms. The molecule has 0 saturated carbocycles. The molecule has 0 saturated heterocycles. The number of anilines is 2. The van der Waals surface area contributed by atoms with Crippen LogP contribution in [-0.4, -0.2) is 63.3 Å².